The fourth-order valence-electron chi connectivity index (χ4n) is 12.1. The molecule has 10 N–H and O–H groups in total. The van der Waals surface area contributed by atoms with E-state index >= 15 is 0 Å². The van der Waals surface area contributed by atoms with Gasteiger partial charge in [0.1, 0.15) is 66.2 Å². The summed E-state index contributed by atoms with van der Waals surface area (Å²) in [4.78, 5) is 170. The summed E-state index contributed by atoms with van der Waals surface area (Å²) in [6.45, 7) is 6.92. The largest absolute Gasteiger partial charge is 0.508 e. The molecule has 6 heterocycles. The number of carboxylic acid groups (broad SMARTS) is 1. The lowest BCUT2D eigenvalue weighted by atomic mass is 10.0. The summed E-state index contributed by atoms with van der Waals surface area (Å²) in [5.74, 6) is -7.93. The number of rotatable bonds is 23. The first-order chi connectivity index (χ1) is 39.6. The van der Waals surface area contributed by atoms with Crippen molar-refractivity contribution >= 4 is 70.9 Å². The van der Waals surface area contributed by atoms with E-state index in [1.807, 2.05) is 13.8 Å². The van der Waals surface area contributed by atoms with Gasteiger partial charge in [-0.3, -0.25) is 57.5 Å². The topological polar surface area (TPSA) is 366 Å². The molecule has 456 valence electrons. The molecule has 0 bridgehead atoms. The molecule has 27 nitrogen and oxygen atoms in total. The third-order valence-corrected chi connectivity index (χ3v) is 16.6. The van der Waals surface area contributed by atoms with Crippen molar-refractivity contribution in [2.45, 2.75) is 184 Å². The van der Waals surface area contributed by atoms with E-state index < -0.39 is 127 Å². The zero-order valence-corrected chi connectivity index (χ0v) is 47.8. The number of likely N-dealkylation sites (tertiary alicyclic amines) is 5. The average molecular weight is 1160 g/mol. The van der Waals surface area contributed by atoms with Crippen molar-refractivity contribution in [3.8, 4) is 5.75 Å². The number of nitrogens with zero attached hydrogens (tertiary/aromatic N) is 5. The molecule has 0 aromatic heterocycles. The molecule has 0 aliphatic carbocycles. The third-order valence-electron chi connectivity index (χ3n) is 16.6. The molecule has 0 unspecified atom stereocenters. The highest BCUT2D eigenvalue weighted by Gasteiger charge is 2.48. The highest BCUT2D eigenvalue weighted by molar-refractivity contribution is 5.99. The van der Waals surface area contributed by atoms with Gasteiger partial charge in [0.2, 0.25) is 65.0 Å². The number of aliphatic carboxylic acids is 1. The number of benzene rings is 1. The van der Waals surface area contributed by atoms with Crippen LogP contribution in [0.25, 0.3) is 0 Å². The van der Waals surface area contributed by atoms with E-state index in [4.69, 9.17) is 0 Å². The Hall–Kier alpha value is -7.42. The van der Waals surface area contributed by atoms with Gasteiger partial charge in [-0.05, 0) is 127 Å². The van der Waals surface area contributed by atoms with Gasteiger partial charge in [0.15, 0.2) is 0 Å². The van der Waals surface area contributed by atoms with Gasteiger partial charge in [-0.1, -0.05) is 26.0 Å². The number of amides is 11. The van der Waals surface area contributed by atoms with Gasteiger partial charge in [0.05, 0.1) is 19.2 Å². The van der Waals surface area contributed by atoms with Gasteiger partial charge in [-0.25, -0.2) is 0 Å². The van der Waals surface area contributed by atoms with Crippen molar-refractivity contribution in [1.82, 2.24) is 61.7 Å². The number of nitrogens with one attached hydrogen (secondary N) is 7. The molecular weight excluding hydrogens is 1080 g/mol. The van der Waals surface area contributed by atoms with E-state index in [1.165, 1.54) is 52.8 Å². The number of carboxylic acids is 1. The summed E-state index contributed by atoms with van der Waals surface area (Å²) in [6, 6.07) is -5.53. The summed E-state index contributed by atoms with van der Waals surface area (Å²) in [6.07, 6.45) is 5.93. The van der Waals surface area contributed by atoms with E-state index in [2.05, 4.69) is 37.2 Å². The van der Waals surface area contributed by atoms with Gasteiger partial charge >= 0.3 is 5.97 Å². The van der Waals surface area contributed by atoms with E-state index in [0.29, 0.717) is 76.4 Å². The minimum absolute atomic E-state index is 0.0376. The van der Waals surface area contributed by atoms with Crippen LogP contribution in [0.15, 0.2) is 24.3 Å². The van der Waals surface area contributed by atoms with Crippen molar-refractivity contribution in [3.05, 3.63) is 29.8 Å². The summed E-state index contributed by atoms with van der Waals surface area (Å²) < 4.78 is 0. The Bertz CT molecular complexity index is 2600. The molecule has 6 aliphatic rings. The number of aromatic hydroxyl groups is 1. The molecule has 6 saturated heterocycles. The second kappa shape index (κ2) is 28.7. The molecule has 1 aromatic rings. The Morgan fingerprint density at radius 1 is 0.530 bits per heavy atom. The molecule has 0 spiro atoms. The van der Waals surface area contributed by atoms with E-state index in [-0.39, 0.29) is 80.7 Å². The maximum absolute atomic E-state index is 14.4. The molecule has 11 amide bonds. The van der Waals surface area contributed by atoms with Crippen LogP contribution in [0.5, 0.6) is 5.75 Å². The van der Waals surface area contributed by atoms with Gasteiger partial charge in [-0.2, -0.15) is 0 Å². The Kier molecular flexibility index (Phi) is 21.9. The van der Waals surface area contributed by atoms with Crippen LogP contribution in [-0.4, -0.2) is 230 Å². The normalized spacial score (nSPS) is 24.1. The first kappa shape index (κ1) is 63.2. The smallest absolute Gasteiger partial charge is 0.325 e. The number of aliphatic hydroxyl groups is 1. The van der Waals surface area contributed by atoms with Crippen molar-refractivity contribution in [3.63, 3.8) is 0 Å². The van der Waals surface area contributed by atoms with Crippen molar-refractivity contribution < 1.29 is 72.9 Å². The first-order valence-corrected chi connectivity index (χ1v) is 29.2. The highest BCUT2D eigenvalue weighted by atomic mass is 16.4. The van der Waals surface area contributed by atoms with Crippen LogP contribution >= 0.6 is 0 Å². The van der Waals surface area contributed by atoms with Crippen molar-refractivity contribution in [2.24, 2.45) is 5.92 Å². The molecular formula is C56H82N12O15. The number of phenolic OH excluding ortho intramolecular Hbond substituents is 1. The Morgan fingerprint density at radius 3 is 1.57 bits per heavy atom. The SMILES string of the molecule is CC(C)C[C@H](NC(=O)[C@@H]1CCCN1C(=O)[C@@H]1CCCN1C(=O)[C@@H]1CCCN1C(=O)[C@@H]1CCCN1)C(=O)N1CCC[C@H]1C(=O)N[C@@H](CO)C(=O)NCC(=O)N1CCC[C@H]1C(=O)N[C@@H](C)C(=O)N[C@@H](Cc1ccc(O)cc1)C(=O)N[C@@H](C)C(=O)O. The number of carbonyl (C=O) groups excluding carboxylic acids is 11. The van der Waals surface area contributed by atoms with Crippen LogP contribution < -0.4 is 37.2 Å². The summed E-state index contributed by atoms with van der Waals surface area (Å²) >= 11 is 0. The maximum atomic E-state index is 14.4. The minimum Gasteiger partial charge on any atom is -0.508 e. The number of hydrogen-bond acceptors (Lipinski definition) is 15. The summed E-state index contributed by atoms with van der Waals surface area (Å²) in [7, 11) is 0. The summed E-state index contributed by atoms with van der Waals surface area (Å²) in [5, 5.41) is 47.7. The zero-order valence-electron chi connectivity index (χ0n) is 47.8. The van der Waals surface area contributed by atoms with Crippen LogP contribution in [0.3, 0.4) is 0 Å². The lowest BCUT2D eigenvalue weighted by Crippen LogP contribution is -2.59. The average Bonchev–Trinajstić information content (AvgIpc) is 3.88. The Labute approximate surface area is 482 Å². The van der Waals surface area contributed by atoms with Gasteiger partial charge in [0.25, 0.3) is 0 Å². The van der Waals surface area contributed by atoms with Crippen LogP contribution in [0, 0.1) is 5.92 Å². The zero-order chi connectivity index (χ0) is 60.2. The molecule has 7 rings (SSSR count). The van der Waals surface area contributed by atoms with Gasteiger partial charge in [0, 0.05) is 39.1 Å². The molecule has 27 heteroatoms. The molecule has 11 atom stereocenters. The molecule has 0 saturated carbocycles. The standard InChI is InChI=1S/C56H82N12O15/c1-31(2)27-38(62-50(76)42-14-8-24-66(42)54(80)44-16-10-26-68(44)55(81)43-15-9-25-67(43)52(78)36-11-5-21-57-36)53(79)65-23-7-13-41(65)51(77)63-39(30-69)47(73)58-29-45(71)64-22-6-12-40(64)49(75)59-32(3)46(72)61-37(48(74)60-33(4)56(82)83)28-34-17-19-35(70)20-18-34/h17-20,31-33,36-44,57,69-70H,5-16,21-30H2,1-4H3,(H,58,73)(H,59,75)(H,60,74)(H,61,72)(H,62,76)(H,63,77)(H,82,83)/t32-,33-,36-,37-,38-,39-,40-,41-,42-,43-,44-/m0/s1. The van der Waals surface area contributed by atoms with Crippen LogP contribution in [0.2, 0.25) is 0 Å². The monoisotopic (exact) mass is 1160 g/mol. The van der Waals surface area contributed by atoms with E-state index in [0.717, 1.165) is 13.0 Å². The predicted octanol–water partition coefficient (Wildman–Crippen LogP) is -2.66. The molecule has 6 fully saturated rings. The minimum atomic E-state index is -1.56. The molecule has 6 aliphatic heterocycles. The number of aliphatic hydroxyl groups excluding tert-OH is 1. The fourth-order valence-corrected chi connectivity index (χ4v) is 12.1. The van der Waals surface area contributed by atoms with E-state index in [1.54, 1.807) is 9.80 Å². The van der Waals surface area contributed by atoms with Crippen molar-refractivity contribution in [2.75, 3.05) is 52.4 Å². The predicted molar refractivity (Wildman–Crippen MR) is 295 cm³/mol. The number of hydrogen-bond donors (Lipinski definition) is 10. The fraction of sp³-hybridized carbons (Fsp3) is 0.679. The van der Waals surface area contributed by atoms with Gasteiger partial charge in [-0.15, -0.1) is 0 Å². The van der Waals surface area contributed by atoms with Gasteiger partial charge < -0.3 is 77.0 Å². The molecule has 83 heavy (non-hydrogen) atoms. The third kappa shape index (κ3) is 15.6. The number of phenols is 1. The Morgan fingerprint density at radius 2 is 1.02 bits per heavy atom. The van der Waals surface area contributed by atoms with E-state index in [9.17, 15) is 72.9 Å². The maximum Gasteiger partial charge on any atom is 0.325 e. The summed E-state index contributed by atoms with van der Waals surface area (Å²) in [5.41, 5.74) is 0.526. The second-order valence-corrected chi connectivity index (χ2v) is 23.0. The Balaban J connectivity index is 0.901. The van der Waals surface area contributed by atoms with Crippen LogP contribution in [0.4, 0.5) is 0 Å². The lowest BCUT2D eigenvalue weighted by molar-refractivity contribution is -0.151. The quantitative estimate of drug-likeness (QED) is 0.0535. The van der Waals surface area contributed by atoms with Crippen LogP contribution in [-0.2, 0) is 64.0 Å². The lowest BCUT2D eigenvalue weighted by Gasteiger charge is -2.35. The second-order valence-electron chi connectivity index (χ2n) is 23.0. The molecule has 1 aromatic carbocycles. The number of carbonyl (C=O) groups is 12. The highest BCUT2D eigenvalue weighted by Crippen LogP contribution is 2.30. The molecule has 0 radical (unpaired) electrons. The van der Waals surface area contributed by atoms with Crippen molar-refractivity contribution in [1.29, 1.82) is 0 Å². The van der Waals surface area contributed by atoms with Crippen LogP contribution in [0.1, 0.15) is 117 Å². The first-order valence-electron chi connectivity index (χ1n) is 29.2.